The van der Waals surface area contributed by atoms with Crippen LogP contribution < -0.4 is 9.47 Å². The molecule has 2 aromatic carbocycles. The van der Waals surface area contributed by atoms with Gasteiger partial charge in [-0.3, -0.25) is 10.1 Å². The van der Waals surface area contributed by atoms with Crippen molar-refractivity contribution in [2.24, 2.45) is 0 Å². The van der Waals surface area contributed by atoms with E-state index in [-0.39, 0.29) is 18.0 Å². The maximum Gasteiger partial charge on any atom is 0.310 e. The van der Waals surface area contributed by atoms with Crippen molar-refractivity contribution >= 4 is 5.69 Å². The largest absolute Gasteiger partial charge is 0.494 e. The van der Waals surface area contributed by atoms with E-state index >= 15 is 0 Å². The molecule has 0 saturated carbocycles. The highest BCUT2D eigenvalue weighted by Crippen LogP contribution is 2.26. The van der Waals surface area contributed by atoms with Gasteiger partial charge in [-0.05, 0) is 18.2 Å². The first-order valence-corrected chi connectivity index (χ1v) is 7.10. The Morgan fingerprint density at radius 1 is 1.12 bits per heavy atom. The second-order valence-corrected chi connectivity index (χ2v) is 4.84. The Kier molecular flexibility index (Phi) is 4.37. The molecule has 24 heavy (non-hydrogen) atoms. The first kappa shape index (κ1) is 15.5. The van der Waals surface area contributed by atoms with Crippen molar-refractivity contribution in [3.63, 3.8) is 0 Å². The van der Waals surface area contributed by atoms with Crippen LogP contribution in [0.4, 0.5) is 5.69 Å². The molecule has 0 amide bonds. The zero-order chi connectivity index (χ0) is 16.9. The summed E-state index contributed by atoms with van der Waals surface area (Å²) in [6.45, 7) is 0.0694. The Morgan fingerprint density at radius 3 is 2.58 bits per heavy atom. The lowest BCUT2D eigenvalue weighted by Gasteiger charge is -2.06. The number of ether oxygens (including phenoxy) is 2. The summed E-state index contributed by atoms with van der Waals surface area (Å²) < 4.78 is 12.4. The number of para-hydroxylation sites is 4. The van der Waals surface area contributed by atoms with Crippen molar-refractivity contribution in [1.82, 2.24) is 15.0 Å². The van der Waals surface area contributed by atoms with Gasteiger partial charge < -0.3 is 9.47 Å². The van der Waals surface area contributed by atoms with Crippen LogP contribution in [-0.2, 0) is 6.61 Å². The summed E-state index contributed by atoms with van der Waals surface area (Å²) in [5.41, 5.74) is 1.19. The topological polar surface area (TPSA) is 92.3 Å². The van der Waals surface area contributed by atoms with E-state index in [4.69, 9.17) is 9.47 Å². The van der Waals surface area contributed by atoms with E-state index in [0.29, 0.717) is 11.4 Å². The molecule has 0 aliphatic rings. The fourth-order valence-corrected chi connectivity index (χ4v) is 2.18. The van der Waals surface area contributed by atoms with Crippen LogP contribution in [0.1, 0.15) is 5.69 Å². The van der Waals surface area contributed by atoms with Crippen LogP contribution in [0.2, 0.25) is 0 Å². The van der Waals surface area contributed by atoms with Crippen molar-refractivity contribution in [2.45, 2.75) is 6.61 Å². The number of benzene rings is 2. The summed E-state index contributed by atoms with van der Waals surface area (Å²) in [6, 6.07) is 13.6. The lowest BCUT2D eigenvalue weighted by atomic mass is 10.3. The number of nitro groups is 1. The average Bonchev–Trinajstić information content (AvgIpc) is 3.09. The SMILES string of the molecule is COc1ccccc1-n1cc(COc2ccccc2[N+](=O)[O-])nn1. The lowest BCUT2D eigenvalue weighted by molar-refractivity contribution is -0.385. The van der Waals surface area contributed by atoms with Crippen molar-refractivity contribution in [1.29, 1.82) is 0 Å². The summed E-state index contributed by atoms with van der Waals surface area (Å²) in [5, 5.41) is 19.0. The molecule has 0 N–H and O–H groups in total. The third kappa shape index (κ3) is 3.17. The molecular weight excluding hydrogens is 312 g/mol. The highest BCUT2D eigenvalue weighted by molar-refractivity contribution is 5.46. The fourth-order valence-electron chi connectivity index (χ4n) is 2.18. The van der Waals surface area contributed by atoms with Crippen LogP contribution in [0, 0.1) is 10.1 Å². The van der Waals surface area contributed by atoms with Gasteiger partial charge in [0.15, 0.2) is 5.75 Å². The molecule has 0 bridgehead atoms. The molecule has 0 radical (unpaired) electrons. The minimum Gasteiger partial charge on any atom is -0.494 e. The summed E-state index contributed by atoms with van der Waals surface area (Å²) in [6.07, 6.45) is 1.69. The van der Waals surface area contributed by atoms with E-state index in [1.807, 2.05) is 24.3 Å². The van der Waals surface area contributed by atoms with E-state index in [0.717, 1.165) is 5.69 Å². The summed E-state index contributed by atoms with van der Waals surface area (Å²) in [4.78, 5) is 10.5. The summed E-state index contributed by atoms with van der Waals surface area (Å²) in [5.74, 6) is 0.850. The number of hydrogen-bond donors (Lipinski definition) is 0. The van der Waals surface area contributed by atoms with Crippen molar-refractivity contribution in [3.8, 4) is 17.2 Å². The third-order valence-corrected chi connectivity index (χ3v) is 3.31. The molecule has 0 spiro atoms. The predicted molar refractivity (Wildman–Crippen MR) is 85.3 cm³/mol. The average molecular weight is 326 g/mol. The minimum absolute atomic E-state index is 0.0694. The maximum absolute atomic E-state index is 11.0. The van der Waals surface area contributed by atoms with Gasteiger partial charge in [0.2, 0.25) is 0 Å². The Bertz CT molecular complexity index is 863. The van der Waals surface area contributed by atoms with E-state index < -0.39 is 4.92 Å². The molecule has 122 valence electrons. The predicted octanol–water partition coefficient (Wildman–Crippen LogP) is 2.76. The first-order valence-electron chi connectivity index (χ1n) is 7.10. The molecular formula is C16H14N4O4. The lowest BCUT2D eigenvalue weighted by Crippen LogP contribution is -1.99. The molecule has 3 aromatic rings. The van der Waals surface area contributed by atoms with E-state index in [2.05, 4.69) is 10.3 Å². The summed E-state index contributed by atoms with van der Waals surface area (Å²) >= 11 is 0. The molecule has 8 nitrogen and oxygen atoms in total. The molecule has 0 aliphatic carbocycles. The van der Waals surface area contributed by atoms with Gasteiger partial charge in [-0.2, -0.15) is 0 Å². The van der Waals surface area contributed by atoms with Gasteiger partial charge in [-0.25, -0.2) is 4.68 Å². The van der Waals surface area contributed by atoms with E-state index in [9.17, 15) is 10.1 Å². The molecule has 3 rings (SSSR count). The first-order chi connectivity index (χ1) is 11.7. The van der Waals surface area contributed by atoms with Crippen molar-refractivity contribution in [3.05, 3.63) is 70.5 Å². The minimum atomic E-state index is -0.485. The van der Waals surface area contributed by atoms with Gasteiger partial charge in [-0.1, -0.05) is 29.5 Å². The maximum atomic E-state index is 11.0. The van der Waals surface area contributed by atoms with E-state index in [1.54, 1.807) is 36.2 Å². The second kappa shape index (κ2) is 6.78. The smallest absolute Gasteiger partial charge is 0.310 e. The molecule has 1 aromatic heterocycles. The van der Waals surface area contributed by atoms with Gasteiger partial charge in [0.05, 0.1) is 18.2 Å². The number of nitro benzene ring substituents is 1. The molecule has 0 fully saturated rings. The molecule has 0 saturated heterocycles. The Balaban J connectivity index is 1.77. The number of nitrogens with zero attached hydrogens (tertiary/aromatic N) is 4. The fraction of sp³-hybridized carbons (Fsp3) is 0.125. The third-order valence-electron chi connectivity index (χ3n) is 3.31. The van der Waals surface area contributed by atoms with Crippen LogP contribution in [0.25, 0.3) is 5.69 Å². The molecule has 8 heteroatoms. The van der Waals surface area contributed by atoms with Crippen LogP contribution >= 0.6 is 0 Å². The number of methoxy groups -OCH3 is 1. The van der Waals surface area contributed by atoms with Crippen LogP contribution in [-0.4, -0.2) is 27.0 Å². The molecule has 0 unspecified atom stereocenters. The van der Waals surface area contributed by atoms with Crippen molar-refractivity contribution in [2.75, 3.05) is 7.11 Å². The zero-order valence-electron chi connectivity index (χ0n) is 12.8. The van der Waals surface area contributed by atoms with E-state index in [1.165, 1.54) is 6.07 Å². The van der Waals surface area contributed by atoms with Crippen molar-refractivity contribution < 1.29 is 14.4 Å². The Hall–Kier alpha value is -3.42. The van der Waals surface area contributed by atoms with Gasteiger partial charge in [-0.15, -0.1) is 5.10 Å². The van der Waals surface area contributed by atoms with Crippen LogP contribution in [0.15, 0.2) is 54.7 Å². The number of rotatable bonds is 6. The van der Waals surface area contributed by atoms with Gasteiger partial charge in [0, 0.05) is 6.07 Å². The second-order valence-electron chi connectivity index (χ2n) is 4.84. The standard InChI is InChI=1S/C16H14N4O4/c1-23-15-8-4-2-6-13(15)19-10-12(17-18-19)11-24-16-9-5-3-7-14(16)20(21)22/h2-10H,11H2,1H3. The number of aromatic nitrogens is 3. The Morgan fingerprint density at radius 2 is 1.83 bits per heavy atom. The molecule has 1 heterocycles. The van der Waals surface area contributed by atoms with Gasteiger partial charge in [0.25, 0.3) is 0 Å². The van der Waals surface area contributed by atoms with Gasteiger partial charge >= 0.3 is 5.69 Å². The Labute approximate surface area is 137 Å². The molecule has 0 atom stereocenters. The molecule has 0 aliphatic heterocycles. The number of hydrogen-bond acceptors (Lipinski definition) is 6. The quantitative estimate of drug-likeness (QED) is 0.511. The zero-order valence-corrected chi connectivity index (χ0v) is 12.8. The highest BCUT2D eigenvalue weighted by atomic mass is 16.6. The van der Waals surface area contributed by atoms with Crippen LogP contribution in [0.5, 0.6) is 11.5 Å². The normalized spacial score (nSPS) is 10.4. The highest BCUT2D eigenvalue weighted by Gasteiger charge is 2.14. The summed E-state index contributed by atoms with van der Waals surface area (Å²) in [7, 11) is 1.58. The van der Waals surface area contributed by atoms with Crippen LogP contribution in [0.3, 0.4) is 0 Å². The van der Waals surface area contributed by atoms with Gasteiger partial charge in [0.1, 0.15) is 23.7 Å². The monoisotopic (exact) mass is 326 g/mol.